The Morgan fingerprint density at radius 2 is 1.80 bits per heavy atom. The number of nitrogens with one attached hydrogen (secondary N) is 1. The van der Waals surface area contributed by atoms with Crippen molar-refractivity contribution in [3.63, 3.8) is 0 Å². The molecule has 0 radical (unpaired) electrons. The minimum atomic E-state index is -0.374. The summed E-state index contributed by atoms with van der Waals surface area (Å²) >= 11 is 0. The first kappa shape index (κ1) is 14.5. The van der Waals surface area contributed by atoms with Crippen LogP contribution in [0.3, 0.4) is 0 Å². The Morgan fingerprint density at radius 1 is 1.10 bits per heavy atom. The van der Waals surface area contributed by atoms with Gasteiger partial charge < -0.3 is 10.1 Å². The summed E-state index contributed by atoms with van der Waals surface area (Å²) in [4.78, 5) is 0. The minimum absolute atomic E-state index is 0.0563. The molecule has 0 unspecified atom stereocenters. The van der Waals surface area contributed by atoms with Crippen molar-refractivity contribution in [1.82, 2.24) is 5.32 Å². The van der Waals surface area contributed by atoms with E-state index in [2.05, 4.69) is 5.32 Å². The molecule has 1 N–H and O–H groups in total. The lowest BCUT2D eigenvalue weighted by Crippen LogP contribution is -2.18. The van der Waals surface area contributed by atoms with Crippen molar-refractivity contribution >= 4 is 0 Å². The largest absolute Gasteiger partial charge is 0.494 e. The van der Waals surface area contributed by atoms with Gasteiger partial charge in [0.15, 0.2) is 11.6 Å². The van der Waals surface area contributed by atoms with Crippen LogP contribution in [-0.2, 0) is 6.54 Å². The molecule has 2 aromatic carbocycles. The maximum absolute atomic E-state index is 13.5. The predicted molar refractivity (Wildman–Crippen MR) is 74.6 cm³/mol. The monoisotopic (exact) mass is 277 g/mol. The van der Waals surface area contributed by atoms with Gasteiger partial charge in [-0.2, -0.15) is 0 Å². The highest BCUT2D eigenvalue weighted by atomic mass is 19.1. The summed E-state index contributed by atoms with van der Waals surface area (Å²) in [7, 11) is 1.44. The molecule has 0 heterocycles. The van der Waals surface area contributed by atoms with Crippen molar-refractivity contribution in [2.75, 3.05) is 7.11 Å². The number of hydrogen-bond acceptors (Lipinski definition) is 2. The zero-order chi connectivity index (χ0) is 14.5. The highest BCUT2D eigenvalue weighted by molar-refractivity contribution is 5.29. The van der Waals surface area contributed by atoms with E-state index in [4.69, 9.17) is 4.74 Å². The maximum Gasteiger partial charge on any atom is 0.165 e. The molecule has 0 amide bonds. The molecule has 0 aliphatic carbocycles. The predicted octanol–water partition coefficient (Wildman–Crippen LogP) is 3.82. The van der Waals surface area contributed by atoms with E-state index in [1.807, 2.05) is 13.0 Å². The van der Waals surface area contributed by atoms with Gasteiger partial charge in [0.1, 0.15) is 5.82 Å². The summed E-state index contributed by atoms with van der Waals surface area (Å²) in [6.07, 6.45) is 0. The van der Waals surface area contributed by atoms with Gasteiger partial charge in [-0.05, 0) is 42.3 Å². The standard InChI is InChI=1S/C16H17F2NO/c1-11(13-4-6-14(17)7-5-13)19-10-12-3-8-16(20-2)15(18)9-12/h3-9,11,19H,10H2,1-2H3/t11-/m0/s1. The molecule has 0 aliphatic rings. The van der Waals surface area contributed by atoms with E-state index < -0.39 is 0 Å². The summed E-state index contributed by atoms with van der Waals surface area (Å²) in [6, 6.07) is 11.3. The van der Waals surface area contributed by atoms with Gasteiger partial charge in [-0.1, -0.05) is 18.2 Å². The van der Waals surface area contributed by atoms with Crippen LogP contribution in [0.5, 0.6) is 5.75 Å². The van der Waals surface area contributed by atoms with E-state index in [9.17, 15) is 8.78 Å². The molecule has 0 bridgehead atoms. The minimum Gasteiger partial charge on any atom is -0.494 e. The van der Waals surface area contributed by atoms with Crippen LogP contribution in [0.1, 0.15) is 24.1 Å². The molecule has 0 spiro atoms. The fourth-order valence-electron chi connectivity index (χ4n) is 1.96. The normalized spacial score (nSPS) is 12.2. The molecule has 20 heavy (non-hydrogen) atoms. The van der Waals surface area contributed by atoms with Crippen molar-refractivity contribution in [3.8, 4) is 5.75 Å². The lowest BCUT2D eigenvalue weighted by Gasteiger charge is -2.14. The SMILES string of the molecule is COc1ccc(CN[C@@H](C)c2ccc(F)cc2)cc1F. The molecule has 0 aliphatic heterocycles. The van der Waals surface area contributed by atoms with Crippen LogP contribution in [-0.4, -0.2) is 7.11 Å². The average molecular weight is 277 g/mol. The number of rotatable bonds is 5. The van der Waals surface area contributed by atoms with E-state index in [-0.39, 0.29) is 23.4 Å². The third kappa shape index (κ3) is 3.54. The molecule has 0 saturated carbocycles. The first-order valence-corrected chi connectivity index (χ1v) is 6.41. The van der Waals surface area contributed by atoms with E-state index in [0.717, 1.165) is 11.1 Å². The summed E-state index contributed by atoms with van der Waals surface area (Å²) in [5, 5.41) is 3.27. The molecule has 2 nitrogen and oxygen atoms in total. The molecule has 0 saturated heterocycles. The van der Waals surface area contributed by atoms with Gasteiger partial charge in [0, 0.05) is 12.6 Å². The first-order valence-electron chi connectivity index (χ1n) is 6.41. The zero-order valence-electron chi connectivity index (χ0n) is 11.5. The average Bonchev–Trinajstić information content (AvgIpc) is 2.45. The van der Waals surface area contributed by atoms with Crippen molar-refractivity contribution in [3.05, 3.63) is 65.2 Å². The summed E-state index contributed by atoms with van der Waals surface area (Å²) in [5.74, 6) is -0.389. The van der Waals surface area contributed by atoms with Crippen LogP contribution in [0.15, 0.2) is 42.5 Å². The Bertz CT molecular complexity index is 569. The molecule has 1 atom stereocenters. The molecular formula is C16H17F2NO. The lowest BCUT2D eigenvalue weighted by molar-refractivity contribution is 0.386. The van der Waals surface area contributed by atoms with Gasteiger partial charge in [0.05, 0.1) is 7.11 Å². The van der Waals surface area contributed by atoms with Crippen LogP contribution in [0.2, 0.25) is 0 Å². The van der Waals surface area contributed by atoms with Crippen molar-refractivity contribution < 1.29 is 13.5 Å². The van der Waals surface area contributed by atoms with Crippen molar-refractivity contribution in [1.29, 1.82) is 0 Å². The molecule has 2 aromatic rings. The summed E-state index contributed by atoms with van der Waals surface area (Å²) in [5.41, 5.74) is 1.82. The van der Waals surface area contributed by atoms with Crippen LogP contribution < -0.4 is 10.1 Å². The quantitative estimate of drug-likeness (QED) is 0.897. The summed E-state index contributed by atoms with van der Waals surface area (Å²) in [6.45, 7) is 2.51. The fourth-order valence-corrected chi connectivity index (χ4v) is 1.96. The third-order valence-corrected chi connectivity index (χ3v) is 3.20. The Hall–Kier alpha value is -1.94. The Labute approximate surface area is 117 Å². The second kappa shape index (κ2) is 6.48. The van der Waals surface area contributed by atoms with Crippen molar-refractivity contribution in [2.45, 2.75) is 19.5 Å². The highest BCUT2D eigenvalue weighted by Gasteiger charge is 2.07. The number of hydrogen-bond donors (Lipinski definition) is 1. The number of benzene rings is 2. The zero-order valence-corrected chi connectivity index (χ0v) is 11.5. The van der Waals surface area contributed by atoms with Crippen LogP contribution in [0, 0.1) is 11.6 Å². The molecule has 4 heteroatoms. The van der Waals surface area contributed by atoms with Gasteiger partial charge in [-0.25, -0.2) is 8.78 Å². The smallest absolute Gasteiger partial charge is 0.165 e. The molecule has 0 fully saturated rings. The Kier molecular flexibility index (Phi) is 4.69. The number of ether oxygens (including phenoxy) is 1. The van der Waals surface area contributed by atoms with Crippen LogP contribution in [0.4, 0.5) is 8.78 Å². The molecule has 2 rings (SSSR count). The number of halogens is 2. The maximum atomic E-state index is 13.5. The van der Waals surface area contributed by atoms with E-state index in [1.54, 1.807) is 18.2 Å². The fraction of sp³-hybridized carbons (Fsp3) is 0.250. The highest BCUT2D eigenvalue weighted by Crippen LogP contribution is 2.19. The molecule has 0 aromatic heterocycles. The van der Waals surface area contributed by atoms with Gasteiger partial charge >= 0.3 is 0 Å². The second-order valence-corrected chi connectivity index (χ2v) is 4.62. The van der Waals surface area contributed by atoms with Crippen molar-refractivity contribution in [2.24, 2.45) is 0 Å². The Balaban J connectivity index is 1.97. The summed E-state index contributed by atoms with van der Waals surface area (Å²) < 4.78 is 31.3. The number of methoxy groups -OCH3 is 1. The van der Waals surface area contributed by atoms with Crippen LogP contribution >= 0.6 is 0 Å². The Morgan fingerprint density at radius 3 is 2.40 bits per heavy atom. The second-order valence-electron chi connectivity index (χ2n) is 4.62. The molecule has 106 valence electrons. The van der Waals surface area contributed by atoms with Gasteiger partial charge in [-0.3, -0.25) is 0 Å². The van der Waals surface area contributed by atoms with Gasteiger partial charge in [0.2, 0.25) is 0 Å². The van der Waals surface area contributed by atoms with Gasteiger partial charge in [0.25, 0.3) is 0 Å². The van der Waals surface area contributed by atoms with E-state index in [1.165, 1.54) is 25.3 Å². The topological polar surface area (TPSA) is 21.3 Å². The van der Waals surface area contributed by atoms with Crippen LogP contribution in [0.25, 0.3) is 0 Å². The first-order chi connectivity index (χ1) is 9.60. The van der Waals surface area contributed by atoms with E-state index >= 15 is 0 Å². The van der Waals surface area contributed by atoms with E-state index in [0.29, 0.717) is 6.54 Å². The van der Waals surface area contributed by atoms with Gasteiger partial charge in [-0.15, -0.1) is 0 Å². The third-order valence-electron chi connectivity index (χ3n) is 3.20. The molecular weight excluding hydrogens is 260 g/mol. The lowest BCUT2D eigenvalue weighted by atomic mass is 10.1.